The molecule has 1 saturated heterocycles. The number of hydrogen-bond donors (Lipinski definition) is 2. The van der Waals surface area contributed by atoms with Crippen molar-refractivity contribution in [2.75, 3.05) is 26.7 Å². The number of likely N-dealkylation sites (tertiary alicyclic amines) is 1. The zero-order valence-corrected chi connectivity index (χ0v) is 11.4. The van der Waals surface area contributed by atoms with Gasteiger partial charge in [0.2, 0.25) is 0 Å². The van der Waals surface area contributed by atoms with Crippen LogP contribution in [0, 0.1) is 11.8 Å². The SMILES string of the molecule is CC(NC1CCCC1CO)C1CCN(C)CC1. The summed E-state index contributed by atoms with van der Waals surface area (Å²) in [6.07, 6.45) is 6.38. The van der Waals surface area contributed by atoms with Crippen molar-refractivity contribution in [3.63, 3.8) is 0 Å². The van der Waals surface area contributed by atoms with Gasteiger partial charge in [0.25, 0.3) is 0 Å². The van der Waals surface area contributed by atoms with E-state index in [1.54, 1.807) is 0 Å². The molecular formula is C14H28N2O. The largest absolute Gasteiger partial charge is 0.396 e. The van der Waals surface area contributed by atoms with Crippen LogP contribution in [0.15, 0.2) is 0 Å². The van der Waals surface area contributed by atoms with Crippen molar-refractivity contribution >= 4 is 0 Å². The van der Waals surface area contributed by atoms with E-state index in [1.807, 2.05) is 0 Å². The Kier molecular flexibility index (Phi) is 4.83. The Hall–Kier alpha value is -0.120. The summed E-state index contributed by atoms with van der Waals surface area (Å²) in [7, 11) is 2.22. The molecule has 1 aliphatic heterocycles. The number of rotatable bonds is 4. The molecule has 0 spiro atoms. The predicted molar refractivity (Wildman–Crippen MR) is 71.0 cm³/mol. The van der Waals surface area contributed by atoms with Crippen molar-refractivity contribution in [2.24, 2.45) is 11.8 Å². The summed E-state index contributed by atoms with van der Waals surface area (Å²) in [5.74, 6) is 1.33. The Labute approximate surface area is 106 Å². The van der Waals surface area contributed by atoms with Crippen molar-refractivity contribution < 1.29 is 5.11 Å². The quantitative estimate of drug-likeness (QED) is 0.781. The molecule has 0 bridgehead atoms. The van der Waals surface area contributed by atoms with Gasteiger partial charge in [-0.05, 0) is 64.6 Å². The average Bonchev–Trinajstić information content (AvgIpc) is 2.77. The molecule has 1 aliphatic carbocycles. The lowest BCUT2D eigenvalue weighted by molar-refractivity contribution is 0.162. The Bertz CT molecular complexity index is 226. The predicted octanol–water partition coefficient (Wildman–Crippen LogP) is 1.47. The number of aliphatic hydroxyl groups excluding tert-OH is 1. The Morgan fingerprint density at radius 3 is 2.59 bits per heavy atom. The molecule has 0 radical (unpaired) electrons. The highest BCUT2D eigenvalue weighted by molar-refractivity contribution is 4.87. The van der Waals surface area contributed by atoms with Crippen LogP contribution < -0.4 is 5.32 Å². The van der Waals surface area contributed by atoms with E-state index in [-0.39, 0.29) is 0 Å². The van der Waals surface area contributed by atoms with Gasteiger partial charge < -0.3 is 15.3 Å². The molecule has 3 unspecified atom stereocenters. The molecule has 2 rings (SSSR count). The van der Waals surface area contributed by atoms with Crippen molar-refractivity contribution in [2.45, 2.75) is 51.1 Å². The van der Waals surface area contributed by atoms with E-state index in [0.29, 0.717) is 24.6 Å². The second-order valence-corrected chi connectivity index (χ2v) is 6.08. The fourth-order valence-corrected chi connectivity index (χ4v) is 3.48. The first-order chi connectivity index (χ1) is 8.20. The highest BCUT2D eigenvalue weighted by Gasteiger charge is 2.30. The lowest BCUT2D eigenvalue weighted by Crippen LogP contribution is -2.46. The van der Waals surface area contributed by atoms with Gasteiger partial charge in [-0.1, -0.05) is 6.42 Å². The first kappa shape index (κ1) is 13.3. The molecule has 17 heavy (non-hydrogen) atoms. The molecule has 3 atom stereocenters. The third kappa shape index (κ3) is 3.43. The van der Waals surface area contributed by atoms with E-state index >= 15 is 0 Å². The fraction of sp³-hybridized carbons (Fsp3) is 1.00. The Morgan fingerprint density at radius 1 is 1.24 bits per heavy atom. The number of nitrogens with one attached hydrogen (secondary N) is 1. The molecule has 100 valence electrons. The van der Waals surface area contributed by atoms with E-state index in [1.165, 1.54) is 45.2 Å². The van der Waals surface area contributed by atoms with Crippen molar-refractivity contribution in [3.8, 4) is 0 Å². The molecule has 3 nitrogen and oxygen atoms in total. The molecule has 2 N–H and O–H groups in total. The van der Waals surface area contributed by atoms with E-state index in [2.05, 4.69) is 24.2 Å². The minimum atomic E-state index is 0.359. The summed E-state index contributed by atoms with van der Waals surface area (Å²) in [5.41, 5.74) is 0. The van der Waals surface area contributed by atoms with Gasteiger partial charge in [-0.15, -0.1) is 0 Å². The maximum Gasteiger partial charge on any atom is 0.0474 e. The third-order valence-electron chi connectivity index (χ3n) is 4.84. The van der Waals surface area contributed by atoms with Gasteiger partial charge in [0, 0.05) is 18.7 Å². The molecule has 1 saturated carbocycles. The van der Waals surface area contributed by atoms with Crippen LogP contribution in [0.4, 0.5) is 0 Å². The number of piperidine rings is 1. The van der Waals surface area contributed by atoms with Gasteiger partial charge in [-0.3, -0.25) is 0 Å². The zero-order chi connectivity index (χ0) is 12.3. The molecular weight excluding hydrogens is 212 g/mol. The average molecular weight is 240 g/mol. The summed E-state index contributed by atoms with van der Waals surface area (Å²) in [4.78, 5) is 2.43. The number of aliphatic hydroxyl groups is 1. The Balaban J connectivity index is 1.78. The highest BCUT2D eigenvalue weighted by atomic mass is 16.3. The zero-order valence-electron chi connectivity index (χ0n) is 11.4. The van der Waals surface area contributed by atoms with E-state index in [9.17, 15) is 5.11 Å². The Morgan fingerprint density at radius 2 is 1.94 bits per heavy atom. The smallest absolute Gasteiger partial charge is 0.0474 e. The van der Waals surface area contributed by atoms with Crippen LogP contribution in [0.3, 0.4) is 0 Å². The van der Waals surface area contributed by atoms with Crippen LogP contribution in [0.5, 0.6) is 0 Å². The van der Waals surface area contributed by atoms with Gasteiger partial charge in [0.05, 0.1) is 0 Å². The summed E-state index contributed by atoms with van der Waals surface area (Å²) < 4.78 is 0. The molecule has 1 heterocycles. The summed E-state index contributed by atoms with van der Waals surface area (Å²) in [5, 5.41) is 13.1. The second-order valence-electron chi connectivity index (χ2n) is 6.08. The molecule has 0 aromatic heterocycles. The normalized spacial score (nSPS) is 34.1. The minimum absolute atomic E-state index is 0.359. The third-order valence-corrected chi connectivity index (χ3v) is 4.84. The maximum atomic E-state index is 9.35. The summed E-state index contributed by atoms with van der Waals surface area (Å²) in [6.45, 7) is 5.18. The molecule has 0 aromatic carbocycles. The minimum Gasteiger partial charge on any atom is -0.396 e. The van der Waals surface area contributed by atoms with E-state index < -0.39 is 0 Å². The van der Waals surface area contributed by atoms with Crippen LogP contribution in [-0.4, -0.2) is 48.8 Å². The van der Waals surface area contributed by atoms with Crippen LogP contribution in [0.25, 0.3) is 0 Å². The molecule has 0 aromatic rings. The van der Waals surface area contributed by atoms with E-state index in [4.69, 9.17) is 0 Å². The van der Waals surface area contributed by atoms with E-state index in [0.717, 1.165) is 5.92 Å². The van der Waals surface area contributed by atoms with Crippen molar-refractivity contribution in [1.82, 2.24) is 10.2 Å². The van der Waals surface area contributed by atoms with Gasteiger partial charge in [-0.25, -0.2) is 0 Å². The van der Waals surface area contributed by atoms with Crippen LogP contribution in [0.1, 0.15) is 39.0 Å². The second kappa shape index (κ2) is 6.17. The lowest BCUT2D eigenvalue weighted by Gasteiger charge is -2.35. The van der Waals surface area contributed by atoms with Crippen molar-refractivity contribution in [3.05, 3.63) is 0 Å². The number of nitrogens with zero attached hydrogens (tertiary/aromatic N) is 1. The first-order valence-electron chi connectivity index (χ1n) is 7.26. The van der Waals surface area contributed by atoms with Gasteiger partial charge in [-0.2, -0.15) is 0 Å². The highest BCUT2D eigenvalue weighted by Crippen LogP contribution is 2.27. The van der Waals surface area contributed by atoms with Crippen LogP contribution >= 0.6 is 0 Å². The van der Waals surface area contributed by atoms with Gasteiger partial charge >= 0.3 is 0 Å². The molecule has 3 heteroatoms. The fourth-order valence-electron chi connectivity index (χ4n) is 3.48. The maximum absolute atomic E-state index is 9.35. The molecule has 2 fully saturated rings. The topological polar surface area (TPSA) is 35.5 Å². The molecule has 2 aliphatic rings. The monoisotopic (exact) mass is 240 g/mol. The first-order valence-corrected chi connectivity index (χ1v) is 7.26. The lowest BCUT2D eigenvalue weighted by atomic mass is 9.89. The molecule has 0 amide bonds. The van der Waals surface area contributed by atoms with Crippen molar-refractivity contribution in [1.29, 1.82) is 0 Å². The van der Waals surface area contributed by atoms with Gasteiger partial charge in [0.1, 0.15) is 0 Å². The van der Waals surface area contributed by atoms with Gasteiger partial charge in [0.15, 0.2) is 0 Å². The number of hydrogen-bond acceptors (Lipinski definition) is 3. The summed E-state index contributed by atoms with van der Waals surface area (Å²) >= 11 is 0. The standard InChI is InChI=1S/C14H28N2O/c1-11(12-6-8-16(2)9-7-12)15-14-5-3-4-13(14)10-17/h11-15,17H,3-10H2,1-2H3. The van der Waals surface area contributed by atoms with Crippen LogP contribution in [-0.2, 0) is 0 Å². The summed E-state index contributed by atoms with van der Waals surface area (Å²) in [6, 6.07) is 1.18. The van der Waals surface area contributed by atoms with Crippen LogP contribution in [0.2, 0.25) is 0 Å².